The topological polar surface area (TPSA) is 115 Å². The van der Waals surface area contributed by atoms with Gasteiger partial charge in [-0.15, -0.1) is 0 Å². The Morgan fingerprint density at radius 2 is 1.78 bits per heavy atom. The van der Waals surface area contributed by atoms with Gasteiger partial charge in [-0.2, -0.15) is 0 Å². The predicted molar refractivity (Wildman–Crippen MR) is 153 cm³/mol. The van der Waals surface area contributed by atoms with Gasteiger partial charge in [-0.3, -0.25) is 14.2 Å². The molecule has 0 saturated heterocycles. The minimum Gasteiger partial charge on any atom is -0.493 e. The summed E-state index contributed by atoms with van der Waals surface area (Å²) >= 11 is 1.20. The van der Waals surface area contributed by atoms with Crippen LogP contribution < -0.4 is 33.8 Å². The van der Waals surface area contributed by atoms with E-state index in [0.29, 0.717) is 44.3 Å². The standard InChI is InChI=1S/C30H30N2O8S/c1-7-13-39-21-11-9-19(14-23(21)36-5)15-25-28(34)32-27(20-10-12-22(40-18(4)33)24(16-20)37-6)26(29(35)38-8-2)17(3)31-30(32)41-25/h7,9-12,14-16,27H,1,8,13H2,2-6H3/b25-15-. The molecule has 1 aliphatic rings. The van der Waals surface area contributed by atoms with Crippen LogP contribution in [0.1, 0.15) is 37.9 Å². The Morgan fingerprint density at radius 1 is 1.07 bits per heavy atom. The van der Waals surface area contributed by atoms with Crippen LogP contribution in [-0.2, 0) is 14.3 Å². The Labute approximate surface area is 240 Å². The lowest BCUT2D eigenvalue weighted by molar-refractivity contribution is -0.139. The zero-order valence-corrected chi connectivity index (χ0v) is 24.2. The van der Waals surface area contributed by atoms with Crippen LogP contribution in [0.25, 0.3) is 6.08 Å². The molecular formula is C30H30N2O8S. The summed E-state index contributed by atoms with van der Waals surface area (Å²) in [5.74, 6) is 0.436. The van der Waals surface area contributed by atoms with E-state index in [9.17, 15) is 14.4 Å². The number of thiazole rings is 1. The molecule has 10 nitrogen and oxygen atoms in total. The average molecular weight is 579 g/mol. The van der Waals surface area contributed by atoms with Gasteiger partial charge in [0.05, 0.1) is 42.7 Å². The maximum absolute atomic E-state index is 13.9. The fraction of sp³-hybridized carbons (Fsp3) is 0.267. The fourth-order valence-electron chi connectivity index (χ4n) is 4.39. The molecule has 1 atom stereocenters. The molecule has 1 aliphatic heterocycles. The van der Waals surface area contributed by atoms with Gasteiger partial charge in [-0.1, -0.05) is 36.1 Å². The first-order chi connectivity index (χ1) is 19.7. The average Bonchev–Trinajstić information content (AvgIpc) is 3.25. The van der Waals surface area contributed by atoms with Crippen molar-refractivity contribution < 1.29 is 33.3 Å². The van der Waals surface area contributed by atoms with Gasteiger partial charge >= 0.3 is 11.9 Å². The number of aromatic nitrogens is 1. The van der Waals surface area contributed by atoms with Crippen molar-refractivity contribution in [2.75, 3.05) is 27.4 Å². The molecular weight excluding hydrogens is 548 g/mol. The van der Waals surface area contributed by atoms with Crippen LogP contribution in [0.15, 0.2) is 70.1 Å². The molecule has 0 amide bonds. The third-order valence-corrected chi connectivity index (χ3v) is 7.10. The maximum Gasteiger partial charge on any atom is 0.338 e. The van der Waals surface area contributed by atoms with E-state index in [1.54, 1.807) is 56.3 Å². The number of hydrogen-bond acceptors (Lipinski definition) is 10. The summed E-state index contributed by atoms with van der Waals surface area (Å²) in [6.07, 6.45) is 3.37. The van der Waals surface area contributed by atoms with Crippen molar-refractivity contribution in [2.24, 2.45) is 4.99 Å². The highest BCUT2D eigenvalue weighted by Gasteiger charge is 2.34. The Kier molecular flexibility index (Phi) is 9.08. The number of benzene rings is 2. The summed E-state index contributed by atoms with van der Waals surface area (Å²) in [6, 6.07) is 9.34. The van der Waals surface area contributed by atoms with Crippen molar-refractivity contribution in [3.8, 4) is 23.0 Å². The molecule has 1 aromatic heterocycles. The quantitative estimate of drug-likeness (QED) is 0.205. The first kappa shape index (κ1) is 29.3. The van der Waals surface area contributed by atoms with Gasteiger partial charge in [-0.25, -0.2) is 9.79 Å². The second kappa shape index (κ2) is 12.7. The second-order valence-corrected chi connectivity index (χ2v) is 9.83. The van der Waals surface area contributed by atoms with Gasteiger partial charge in [0.25, 0.3) is 5.56 Å². The molecule has 41 heavy (non-hydrogen) atoms. The Bertz CT molecular complexity index is 1720. The van der Waals surface area contributed by atoms with Crippen molar-refractivity contribution in [1.82, 2.24) is 4.57 Å². The van der Waals surface area contributed by atoms with Crippen LogP contribution in [0.2, 0.25) is 0 Å². The summed E-state index contributed by atoms with van der Waals surface area (Å²) < 4.78 is 29.0. The highest BCUT2D eigenvalue weighted by molar-refractivity contribution is 7.07. The summed E-state index contributed by atoms with van der Waals surface area (Å²) in [6.45, 7) is 8.82. The van der Waals surface area contributed by atoms with Crippen molar-refractivity contribution in [3.63, 3.8) is 0 Å². The van der Waals surface area contributed by atoms with Crippen molar-refractivity contribution in [2.45, 2.75) is 26.8 Å². The first-order valence-corrected chi connectivity index (χ1v) is 13.5. The summed E-state index contributed by atoms with van der Waals surface area (Å²) in [7, 11) is 2.97. The molecule has 0 bridgehead atoms. The third kappa shape index (κ3) is 6.09. The van der Waals surface area contributed by atoms with E-state index in [-0.39, 0.29) is 29.2 Å². The Hall–Kier alpha value is -4.64. The zero-order chi connectivity index (χ0) is 29.7. The number of carbonyl (C=O) groups is 2. The number of rotatable bonds is 10. The van der Waals surface area contributed by atoms with Gasteiger partial charge < -0.3 is 23.7 Å². The maximum atomic E-state index is 13.9. The second-order valence-electron chi connectivity index (χ2n) is 8.82. The molecule has 1 unspecified atom stereocenters. The SMILES string of the molecule is C=CCOc1ccc(/C=c2\sc3n(c2=O)C(c2ccc(OC(C)=O)c(OC)c2)C(C(=O)OCC)=C(C)N=3)cc1OC. The third-order valence-electron chi connectivity index (χ3n) is 6.12. The zero-order valence-electron chi connectivity index (χ0n) is 23.4. The Morgan fingerprint density at radius 3 is 2.44 bits per heavy atom. The number of hydrogen-bond donors (Lipinski definition) is 0. The number of allylic oxidation sites excluding steroid dienone is 1. The smallest absolute Gasteiger partial charge is 0.338 e. The van der Waals surface area contributed by atoms with Crippen LogP contribution in [0.5, 0.6) is 23.0 Å². The van der Waals surface area contributed by atoms with Crippen molar-refractivity contribution in [1.29, 1.82) is 0 Å². The molecule has 214 valence electrons. The monoisotopic (exact) mass is 578 g/mol. The van der Waals surface area contributed by atoms with E-state index in [1.807, 2.05) is 6.07 Å². The normalized spacial score (nSPS) is 14.6. The highest BCUT2D eigenvalue weighted by atomic mass is 32.1. The van der Waals surface area contributed by atoms with Gasteiger partial charge in [0, 0.05) is 6.92 Å². The number of methoxy groups -OCH3 is 2. The number of esters is 2. The minimum absolute atomic E-state index is 0.149. The number of fused-ring (bicyclic) bond motifs is 1. The van der Waals surface area contributed by atoms with Gasteiger partial charge in [0.2, 0.25) is 0 Å². The molecule has 11 heteroatoms. The van der Waals surface area contributed by atoms with Crippen molar-refractivity contribution in [3.05, 3.63) is 91.1 Å². The molecule has 2 heterocycles. The summed E-state index contributed by atoms with van der Waals surface area (Å²) in [5.41, 5.74) is 1.56. The molecule has 3 aromatic rings. The summed E-state index contributed by atoms with van der Waals surface area (Å²) in [5, 5.41) is 0. The molecule has 0 spiro atoms. The minimum atomic E-state index is -0.864. The van der Waals surface area contributed by atoms with Crippen molar-refractivity contribution >= 4 is 29.4 Å². The van der Waals surface area contributed by atoms with Crippen LogP contribution in [0.3, 0.4) is 0 Å². The van der Waals surface area contributed by atoms with Gasteiger partial charge in [0.15, 0.2) is 27.8 Å². The molecule has 0 fully saturated rings. The molecule has 4 rings (SSSR count). The van der Waals surface area contributed by atoms with Gasteiger partial charge in [-0.05, 0) is 55.3 Å². The van der Waals surface area contributed by atoms with E-state index in [4.69, 9.17) is 23.7 Å². The van der Waals surface area contributed by atoms with E-state index in [1.165, 1.54) is 37.0 Å². The molecule has 0 N–H and O–H groups in total. The van der Waals surface area contributed by atoms with E-state index in [2.05, 4.69) is 11.6 Å². The molecule has 0 radical (unpaired) electrons. The van der Waals surface area contributed by atoms with Gasteiger partial charge in [0.1, 0.15) is 6.61 Å². The lowest BCUT2D eigenvalue weighted by Gasteiger charge is -2.25. The molecule has 0 aliphatic carbocycles. The number of ether oxygens (including phenoxy) is 5. The highest BCUT2D eigenvalue weighted by Crippen LogP contribution is 2.36. The van der Waals surface area contributed by atoms with Crippen LogP contribution in [0, 0.1) is 0 Å². The van der Waals surface area contributed by atoms with E-state index in [0.717, 1.165) is 0 Å². The Balaban J connectivity index is 1.90. The van der Waals surface area contributed by atoms with E-state index >= 15 is 0 Å². The van der Waals surface area contributed by atoms with E-state index < -0.39 is 18.0 Å². The molecule has 2 aromatic carbocycles. The lowest BCUT2D eigenvalue weighted by atomic mass is 9.95. The van der Waals surface area contributed by atoms with Crippen LogP contribution in [-0.4, -0.2) is 43.9 Å². The summed E-state index contributed by atoms with van der Waals surface area (Å²) in [4.78, 5) is 43.6. The van der Waals surface area contributed by atoms with Crippen LogP contribution in [0.4, 0.5) is 0 Å². The number of carbonyl (C=O) groups excluding carboxylic acids is 2. The predicted octanol–water partition coefficient (Wildman–Crippen LogP) is 3.31. The first-order valence-electron chi connectivity index (χ1n) is 12.7. The largest absolute Gasteiger partial charge is 0.493 e. The fourth-order valence-corrected chi connectivity index (χ4v) is 5.44. The lowest BCUT2D eigenvalue weighted by Crippen LogP contribution is -2.40. The molecule has 0 saturated carbocycles. The van der Waals surface area contributed by atoms with Crippen LogP contribution >= 0.6 is 11.3 Å². The number of nitrogens with zero attached hydrogens (tertiary/aromatic N) is 2.